The highest BCUT2D eigenvalue weighted by atomic mass is 35.5. The van der Waals surface area contributed by atoms with Gasteiger partial charge in [0.25, 0.3) is 0 Å². The summed E-state index contributed by atoms with van der Waals surface area (Å²) in [6.45, 7) is 1.74. The number of hydrogen-bond donors (Lipinski definition) is 1. The maximum atomic E-state index is 10.5. The largest absolute Gasteiger partial charge is 0.489 e. The first kappa shape index (κ1) is 16.5. The molecule has 0 spiro atoms. The van der Waals surface area contributed by atoms with Crippen LogP contribution in [-0.4, -0.2) is 44.6 Å². The van der Waals surface area contributed by atoms with E-state index in [1.807, 2.05) is 0 Å². The van der Waals surface area contributed by atoms with Crippen molar-refractivity contribution in [1.82, 2.24) is 0 Å². The zero-order valence-corrected chi connectivity index (χ0v) is 11.9. The van der Waals surface area contributed by atoms with E-state index in [1.54, 1.807) is 25.3 Å². The van der Waals surface area contributed by atoms with Gasteiger partial charge in [-0.2, -0.15) is 0 Å². The number of para-hydroxylation sites is 1. The summed E-state index contributed by atoms with van der Waals surface area (Å²) in [5.41, 5.74) is 0.608. The molecule has 5 nitrogen and oxygen atoms in total. The summed E-state index contributed by atoms with van der Waals surface area (Å²) >= 11 is 6.04. The molecule has 0 aliphatic carbocycles. The maximum absolute atomic E-state index is 10.5. The Hall–Kier alpha value is -1.56. The van der Waals surface area contributed by atoms with E-state index in [-0.39, 0.29) is 0 Å². The highest BCUT2D eigenvalue weighted by Crippen LogP contribution is 2.29. The molecular formula is C14H17ClO5. The van der Waals surface area contributed by atoms with Crippen LogP contribution < -0.4 is 4.74 Å². The van der Waals surface area contributed by atoms with Crippen molar-refractivity contribution < 1.29 is 24.1 Å². The quantitative estimate of drug-likeness (QED) is 0.560. The molecule has 6 heteroatoms. The van der Waals surface area contributed by atoms with Gasteiger partial charge in [-0.1, -0.05) is 23.7 Å². The van der Waals surface area contributed by atoms with Crippen molar-refractivity contribution in [2.24, 2.45) is 0 Å². The van der Waals surface area contributed by atoms with E-state index in [0.717, 1.165) is 6.08 Å². The van der Waals surface area contributed by atoms with Crippen molar-refractivity contribution in [2.45, 2.75) is 0 Å². The van der Waals surface area contributed by atoms with Crippen LogP contribution in [0.2, 0.25) is 5.02 Å². The molecule has 0 unspecified atom stereocenters. The first-order chi connectivity index (χ1) is 9.65. The summed E-state index contributed by atoms with van der Waals surface area (Å²) in [4.78, 5) is 10.5. The molecule has 1 aromatic rings. The smallest absolute Gasteiger partial charge is 0.328 e. The fourth-order valence-corrected chi connectivity index (χ4v) is 1.65. The van der Waals surface area contributed by atoms with Crippen molar-refractivity contribution in [3.05, 3.63) is 34.9 Å². The number of benzene rings is 1. The van der Waals surface area contributed by atoms with Crippen molar-refractivity contribution in [2.75, 3.05) is 33.5 Å². The van der Waals surface area contributed by atoms with Gasteiger partial charge in [-0.25, -0.2) is 4.79 Å². The second-order valence-corrected chi connectivity index (χ2v) is 4.19. The van der Waals surface area contributed by atoms with Gasteiger partial charge in [0.1, 0.15) is 12.4 Å². The van der Waals surface area contributed by atoms with Gasteiger partial charge in [0.2, 0.25) is 0 Å². The minimum atomic E-state index is -1.03. The molecule has 0 atom stereocenters. The summed E-state index contributed by atoms with van der Waals surface area (Å²) in [5, 5.41) is 9.06. The summed E-state index contributed by atoms with van der Waals surface area (Å²) in [6, 6.07) is 5.14. The van der Waals surface area contributed by atoms with E-state index in [1.165, 1.54) is 6.08 Å². The Balaban J connectivity index is 2.57. The molecule has 110 valence electrons. The van der Waals surface area contributed by atoms with Gasteiger partial charge in [-0.05, 0) is 12.1 Å². The third-order valence-corrected chi connectivity index (χ3v) is 2.61. The van der Waals surface area contributed by atoms with Crippen molar-refractivity contribution in [3.8, 4) is 5.75 Å². The predicted molar refractivity (Wildman–Crippen MR) is 76.3 cm³/mol. The Morgan fingerprint density at radius 1 is 1.30 bits per heavy atom. The first-order valence-corrected chi connectivity index (χ1v) is 6.42. The second kappa shape index (κ2) is 9.36. The zero-order valence-electron chi connectivity index (χ0n) is 11.2. The highest BCUT2D eigenvalue weighted by Gasteiger charge is 2.06. The van der Waals surface area contributed by atoms with E-state index < -0.39 is 5.97 Å². The van der Waals surface area contributed by atoms with Gasteiger partial charge in [-0.3, -0.25) is 0 Å². The van der Waals surface area contributed by atoms with Crippen LogP contribution in [0.3, 0.4) is 0 Å². The molecule has 1 aromatic carbocycles. The number of aliphatic carboxylic acids is 1. The lowest BCUT2D eigenvalue weighted by molar-refractivity contribution is -0.131. The monoisotopic (exact) mass is 300 g/mol. The van der Waals surface area contributed by atoms with Crippen molar-refractivity contribution >= 4 is 23.6 Å². The number of carboxylic acids is 1. The van der Waals surface area contributed by atoms with Crippen LogP contribution in [0.15, 0.2) is 24.3 Å². The number of ether oxygens (including phenoxy) is 3. The fraction of sp³-hybridized carbons (Fsp3) is 0.357. The van der Waals surface area contributed by atoms with Crippen LogP contribution in [0.4, 0.5) is 0 Å². The lowest BCUT2D eigenvalue weighted by Gasteiger charge is -2.11. The molecule has 0 aliphatic heterocycles. The van der Waals surface area contributed by atoms with Crippen LogP contribution in [0.1, 0.15) is 5.56 Å². The Morgan fingerprint density at radius 3 is 2.75 bits per heavy atom. The number of hydrogen-bond acceptors (Lipinski definition) is 4. The summed E-state index contributed by atoms with van der Waals surface area (Å²) in [5.74, 6) is -0.583. The van der Waals surface area contributed by atoms with E-state index in [9.17, 15) is 4.79 Å². The lowest BCUT2D eigenvalue weighted by Crippen LogP contribution is -2.10. The molecule has 0 fully saturated rings. The molecular weight excluding hydrogens is 284 g/mol. The number of carboxylic acid groups (broad SMARTS) is 1. The van der Waals surface area contributed by atoms with Crippen molar-refractivity contribution in [1.29, 1.82) is 0 Å². The SMILES string of the molecule is COCCOCCOc1c(Cl)cccc1/C=C/C(=O)O. The van der Waals surface area contributed by atoms with Crippen LogP contribution >= 0.6 is 11.6 Å². The summed E-state index contributed by atoms with van der Waals surface area (Å²) in [6.07, 6.45) is 2.48. The predicted octanol–water partition coefficient (Wildman–Crippen LogP) is 2.48. The number of rotatable bonds is 9. The molecule has 0 bridgehead atoms. The second-order valence-electron chi connectivity index (χ2n) is 3.78. The van der Waals surface area contributed by atoms with Gasteiger partial charge < -0.3 is 19.3 Å². The van der Waals surface area contributed by atoms with Gasteiger partial charge in [0, 0.05) is 18.7 Å². The first-order valence-electron chi connectivity index (χ1n) is 6.04. The molecule has 0 amide bonds. The van der Waals surface area contributed by atoms with E-state index in [4.69, 9.17) is 30.9 Å². The third kappa shape index (κ3) is 6.06. The average molecular weight is 301 g/mol. The lowest BCUT2D eigenvalue weighted by atomic mass is 10.2. The molecule has 0 heterocycles. The topological polar surface area (TPSA) is 65.0 Å². The van der Waals surface area contributed by atoms with E-state index in [2.05, 4.69) is 0 Å². The summed E-state index contributed by atoms with van der Waals surface area (Å²) < 4.78 is 15.7. The van der Waals surface area contributed by atoms with Crippen LogP contribution in [0.25, 0.3) is 6.08 Å². The fourth-order valence-electron chi connectivity index (χ4n) is 1.42. The third-order valence-electron chi connectivity index (χ3n) is 2.31. The van der Waals surface area contributed by atoms with Gasteiger partial charge in [0.05, 0.1) is 24.8 Å². The molecule has 0 aromatic heterocycles. The standard InChI is InChI=1S/C14H17ClO5/c1-18-7-8-19-9-10-20-14-11(5-6-13(16)17)3-2-4-12(14)15/h2-6H,7-10H2,1H3,(H,16,17)/b6-5+. The highest BCUT2D eigenvalue weighted by molar-refractivity contribution is 6.32. The Kier molecular flexibility index (Phi) is 7.72. The Bertz CT molecular complexity index is 459. The number of methoxy groups -OCH3 is 1. The maximum Gasteiger partial charge on any atom is 0.328 e. The van der Waals surface area contributed by atoms with E-state index in [0.29, 0.717) is 42.8 Å². The molecule has 1 rings (SSSR count). The zero-order chi connectivity index (χ0) is 14.8. The Labute approximate surface area is 122 Å². The van der Waals surface area contributed by atoms with E-state index >= 15 is 0 Å². The average Bonchev–Trinajstić information content (AvgIpc) is 2.42. The minimum Gasteiger partial charge on any atom is -0.489 e. The number of halogens is 1. The van der Waals surface area contributed by atoms with Crippen LogP contribution in [-0.2, 0) is 14.3 Å². The van der Waals surface area contributed by atoms with Crippen LogP contribution in [0, 0.1) is 0 Å². The molecule has 0 saturated carbocycles. The molecule has 0 saturated heterocycles. The minimum absolute atomic E-state index is 0.321. The van der Waals surface area contributed by atoms with Gasteiger partial charge in [0.15, 0.2) is 0 Å². The molecule has 0 aliphatic rings. The normalized spacial score (nSPS) is 10.9. The molecule has 20 heavy (non-hydrogen) atoms. The van der Waals surface area contributed by atoms with Gasteiger partial charge >= 0.3 is 5.97 Å². The summed E-state index contributed by atoms with van der Waals surface area (Å²) in [7, 11) is 1.60. The molecule has 0 radical (unpaired) electrons. The molecule has 1 N–H and O–H groups in total. The number of carbonyl (C=O) groups is 1. The van der Waals surface area contributed by atoms with Crippen molar-refractivity contribution in [3.63, 3.8) is 0 Å². The Morgan fingerprint density at radius 2 is 2.05 bits per heavy atom. The van der Waals surface area contributed by atoms with Gasteiger partial charge in [-0.15, -0.1) is 0 Å². The van der Waals surface area contributed by atoms with Crippen LogP contribution in [0.5, 0.6) is 5.75 Å².